The summed E-state index contributed by atoms with van der Waals surface area (Å²) in [5.41, 5.74) is 4.20. The van der Waals surface area contributed by atoms with Crippen LogP contribution in [0.3, 0.4) is 0 Å². The lowest BCUT2D eigenvalue weighted by Gasteiger charge is -2.22. The van der Waals surface area contributed by atoms with Crippen molar-refractivity contribution < 1.29 is 4.74 Å². The first-order valence-corrected chi connectivity index (χ1v) is 6.83. The molecule has 1 unspecified atom stereocenters. The van der Waals surface area contributed by atoms with Crippen LogP contribution in [-0.2, 0) is 4.74 Å². The minimum absolute atomic E-state index is 0.571. The van der Waals surface area contributed by atoms with Gasteiger partial charge in [0.05, 0.1) is 6.61 Å². The molecule has 0 aliphatic rings. The van der Waals surface area contributed by atoms with Crippen LogP contribution < -0.4 is 5.32 Å². The lowest BCUT2D eigenvalue weighted by atomic mass is 9.87. The minimum atomic E-state index is 0.571. The van der Waals surface area contributed by atoms with E-state index in [0.717, 1.165) is 19.7 Å². The molecule has 1 N–H and O–H groups in total. The molecule has 0 aliphatic carbocycles. The Bertz CT molecular complexity index is 360. The Morgan fingerprint density at radius 3 is 2.44 bits per heavy atom. The van der Waals surface area contributed by atoms with Crippen LogP contribution in [0, 0.1) is 19.8 Å². The van der Waals surface area contributed by atoms with Crippen molar-refractivity contribution in [3.05, 3.63) is 34.9 Å². The van der Waals surface area contributed by atoms with E-state index in [1.165, 1.54) is 16.7 Å². The maximum Gasteiger partial charge on any atom is 0.0587 e. The van der Waals surface area contributed by atoms with Crippen LogP contribution >= 0.6 is 0 Å². The van der Waals surface area contributed by atoms with E-state index in [1.807, 2.05) is 0 Å². The smallest absolute Gasteiger partial charge is 0.0587 e. The summed E-state index contributed by atoms with van der Waals surface area (Å²) in [6.45, 7) is 11.6. The molecule has 0 radical (unpaired) electrons. The average Bonchev–Trinajstić information content (AvgIpc) is 2.32. The van der Waals surface area contributed by atoms with Crippen molar-refractivity contribution in [2.75, 3.05) is 26.8 Å². The zero-order chi connectivity index (χ0) is 13.5. The molecule has 102 valence electrons. The van der Waals surface area contributed by atoms with Crippen LogP contribution in [-0.4, -0.2) is 26.8 Å². The fourth-order valence-corrected chi connectivity index (χ4v) is 2.17. The number of rotatable bonds is 7. The van der Waals surface area contributed by atoms with E-state index in [-0.39, 0.29) is 0 Å². The largest absolute Gasteiger partial charge is 0.383 e. The Hall–Kier alpha value is -0.860. The fraction of sp³-hybridized carbons (Fsp3) is 0.625. The number of hydrogen-bond donors (Lipinski definition) is 1. The Kier molecular flexibility index (Phi) is 6.37. The molecule has 1 rings (SSSR count). The number of aryl methyl sites for hydroxylation is 2. The van der Waals surface area contributed by atoms with Gasteiger partial charge < -0.3 is 10.1 Å². The average molecular weight is 249 g/mol. The van der Waals surface area contributed by atoms with Gasteiger partial charge in [-0.3, -0.25) is 0 Å². The van der Waals surface area contributed by atoms with Gasteiger partial charge in [-0.1, -0.05) is 32.0 Å². The molecular weight excluding hydrogens is 222 g/mol. The zero-order valence-electron chi connectivity index (χ0n) is 12.4. The Balaban J connectivity index is 2.68. The second-order valence-corrected chi connectivity index (χ2v) is 5.39. The Morgan fingerprint density at radius 2 is 1.89 bits per heavy atom. The third kappa shape index (κ3) is 4.43. The minimum Gasteiger partial charge on any atom is -0.383 e. The number of nitrogens with one attached hydrogen (secondary N) is 1. The summed E-state index contributed by atoms with van der Waals surface area (Å²) in [4.78, 5) is 0. The number of hydrogen-bond acceptors (Lipinski definition) is 2. The maximum atomic E-state index is 5.06. The van der Waals surface area contributed by atoms with Crippen molar-refractivity contribution in [1.29, 1.82) is 0 Å². The Labute approximate surface area is 112 Å². The van der Waals surface area contributed by atoms with Crippen molar-refractivity contribution in [3.63, 3.8) is 0 Å². The van der Waals surface area contributed by atoms with Gasteiger partial charge >= 0.3 is 0 Å². The van der Waals surface area contributed by atoms with Gasteiger partial charge in [0.15, 0.2) is 0 Å². The summed E-state index contributed by atoms with van der Waals surface area (Å²) >= 11 is 0. The molecule has 0 heterocycles. The van der Waals surface area contributed by atoms with Crippen molar-refractivity contribution in [1.82, 2.24) is 5.32 Å². The first-order chi connectivity index (χ1) is 8.56. The van der Waals surface area contributed by atoms with E-state index < -0.39 is 0 Å². The van der Waals surface area contributed by atoms with E-state index in [1.54, 1.807) is 7.11 Å². The van der Waals surface area contributed by atoms with Gasteiger partial charge in [-0.05, 0) is 42.4 Å². The summed E-state index contributed by atoms with van der Waals surface area (Å²) in [5, 5.41) is 3.48. The molecule has 2 nitrogen and oxygen atoms in total. The number of methoxy groups -OCH3 is 1. The second-order valence-electron chi connectivity index (χ2n) is 5.39. The third-order valence-corrected chi connectivity index (χ3v) is 3.61. The van der Waals surface area contributed by atoms with Crippen LogP contribution in [0.5, 0.6) is 0 Å². The molecule has 0 saturated carbocycles. The summed E-state index contributed by atoms with van der Waals surface area (Å²) in [6.07, 6.45) is 0. The first kappa shape index (κ1) is 15.2. The van der Waals surface area contributed by atoms with E-state index in [0.29, 0.717) is 11.8 Å². The van der Waals surface area contributed by atoms with Crippen LogP contribution in [0.2, 0.25) is 0 Å². The SMILES string of the molecule is COCCNCC(c1ccc(C)c(C)c1)C(C)C. The first-order valence-electron chi connectivity index (χ1n) is 6.83. The van der Waals surface area contributed by atoms with Gasteiger partial charge in [-0.15, -0.1) is 0 Å². The molecule has 0 spiro atoms. The van der Waals surface area contributed by atoms with E-state index >= 15 is 0 Å². The van der Waals surface area contributed by atoms with Crippen LogP contribution in [0.4, 0.5) is 0 Å². The van der Waals surface area contributed by atoms with Crippen LogP contribution in [0.15, 0.2) is 18.2 Å². The molecule has 2 heteroatoms. The lowest BCUT2D eigenvalue weighted by Crippen LogP contribution is -2.27. The van der Waals surface area contributed by atoms with E-state index in [2.05, 4.69) is 51.2 Å². The summed E-state index contributed by atoms with van der Waals surface area (Å²) in [7, 11) is 1.74. The molecule has 0 aliphatic heterocycles. The normalized spacial score (nSPS) is 13.0. The van der Waals surface area contributed by atoms with Crippen LogP contribution in [0.1, 0.15) is 36.5 Å². The Morgan fingerprint density at radius 1 is 1.17 bits per heavy atom. The van der Waals surface area contributed by atoms with Gasteiger partial charge in [0.2, 0.25) is 0 Å². The molecule has 1 aromatic rings. The summed E-state index contributed by atoms with van der Waals surface area (Å²) in [6, 6.07) is 6.83. The second kappa shape index (κ2) is 7.55. The van der Waals surface area contributed by atoms with E-state index in [9.17, 15) is 0 Å². The predicted molar refractivity (Wildman–Crippen MR) is 78.2 cm³/mol. The predicted octanol–water partition coefficient (Wildman–Crippen LogP) is 3.28. The monoisotopic (exact) mass is 249 g/mol. The number of benzene rings is 1. The van der Waals surface area contributed by atoms with Crippen LogP contribution in [0.25, 0.3) is 0 Å². The van der Waals surface area contributed by atoms with Crippen molar-refractivity contribution >= 4 is 0 Å². The third-order valence-electron chi connectivity index (χ3n) is 3.61. The standard InChI is InChI=1S/C16H27NO/c1-12(2)16(11-17-8-9-18-5)15-7-6-13(3)14(4)10-15/h6-7,10,12,16-17H,8-9,11H2,1-5H3. The van der Waals surface area contributed by atoms with Gasteiger partial charge in [0, 0.05) is 20.2 Å². The summed E-state index contributed by atoms with van der Waals surface area (Å²) in [5.74, 6) is 1.21. The molecule has 18 heavy (non-hydrogen) atoms. The van der Waals surface area contributed by atoms with Crippen molar-refractivity contribution in [2.24, 2.45) is 5.92 Å². The van der Waals surface area contributed by atoms with Gasteiger partial charge in [-0.25, -0.2) is 0 Å². The van der Waals surface area contributed by atoms with Crippen molar-refractivity contribution in [3.8, 4) is 0 Å². The van der Waals surface area contributed by atoms with Gasteiger partial charge in [-0.2, -0.15) is 0 Å². The molecule has 0 bridgehead atoms. The van der Waals surface area contributed by atoms with E-state index in [4.69, 9.17) is 4.74 Å². The lowest BCUT2D eigenvalue weighted by molar-refractivity contribution is 0.198. The highest BCUT2D eigenvalue weighted by atomic mass is 16.5. The highest BCUT2D eigenvalue weighted by Gasteiger charge is 2.15. The molecule has 0 fully saturated rings. The maximum absolute atomic E-state index is 5.06. The van der Waals surface area contributed by atoms with Gasteiger partial charge in [0.1, 0.15) is 0 Å². The quantitative estimate of drug-likeness (QED) is 0.749. The molecule has 1 aromatic carbocycles. The van der Waals surface area contributed by atoms with Crippen molar-refractivity contribution in [2.45, 2.75) is 33.6 Å². The summed E-state index contributed by atoms with van der Waals surface area (Å²) < 4.78 is 5.06. The molecular formula is C16H27NO. The molecule has 0 saturated heterocycles. The zero-order valence-corrected chi connectivity index (χ0v) is 12.4. The highest BCUT2D eigenvalue weighted by Crippen LogP contribution is 2.25. The number of ether oxygens (including phenoxy) is 1. The molecule has 1 atom stereocenters. The molecule has 0 amide bonds. The van der Waals surface area contributed by atoms with Gasteiger partial charge in [0.25, 0.3) is 0 Å². The fourth-order valence-electron chi connectivity index (χ4n) is 2.17. The molecule has 0 aromatic heterocycles. The topological polar surface area (TPSA) is 21.3 Å². The highest BCUT2D eigenvalue weighted by molar-refractivity contribution is 5.32.